The van der Waals surface area contributed by atoms with Crippen molar-refractivity contribution in [2.75, 3.05) is 0 Å². The predicted octanol–water partition coefficient (Wildman–Crippen LogP) is 1.43. The van der Waals surface area contributed by atoms with Crippen molar-refractivity contribution >= 4 is 17.8 Å². The van der Waals surface area contributed by atoms with Crippen LogP contribution < -0.4 is 5.43 Å². The summed E-state index contributed by atoms with van der Waals surface area (Å²) >= 11 is 0. The van der Waals surface area contributed by atoms with Crippen LogP contribution in [0.3, 0.4) is 0 Å². The molecule has 6 nitrogen and oxygen atoms in total. The monoisotopic (exact) mass is 276 g/mol. The molecule has 1 aliphatic heterocycles. The molecule has 2 rings (SSSR count). The fourth-order valence-corrected chi connectivity index (χ4v) is 2.26. The maximum absolute atomic E-state index is 12.1. The van der Waals surface area contributed by atoms with E-state index in [4.69, 9.17) is 5.11 Å². The van der Waals surface area contributed by atoms with Crippen molar-refractivity contribution in [1.29, 1.82) is 0 Å². The van der Waals surface area contributed by atoms with Crippen LogP contribution in [-0.4, -0.2) is 33.9 Å². The van der Waals surface area contributed by atoms with Gasteiger partial charge in [-0.05, 0) is 18.6 Å². The van der Waals surface area contributed by atoms with E-state index < -0.39 is 23.8 Å². The van der Waals surface area contributed by atoms with Gasteiger partial charge in [0.15, 0.2) is 0 Å². The van der Waals surface area contributed by atoms with Crippen molar-refractivity contribution in [3.63, 3.8) is 0 Å². The zero-order valence-corrected chi connectivity index (χ0v) is 11.1. The first-order valence-electron chi connectivity index (χ1n) is 6.50. The highest BCUT2D eigenvalue weighted by Crippen LogP contribution is 2.21. The van der Waals surface area contributed by atoms with Crippen LogP contribution in [0.4, 0.5) is 0 Å². The number of carboxylic acid groups (broad SMARTS) is 1. The van der Waals surface area contributed by atoms with Gasteiger partial charge in [-0.15, -0.1) is 0 Å². The largest absolute Gasteiger partial charge is 0.481 e. The predicted molar refractivity (Wildman–Crippen MR) is 71.0 cm³/mol. The Hall–Kier alpha value is -2.21. The smallest absolute Gasteiger partial charge is 0.304 e. The molecule has 0 saturated heterocycles. The Morgan fingerprint density at radius 3 is 2.25 bits per heavy atom. The van der Waals surface area contributed by atoms with Gasteiger partial charge in [0.25, 0.3) is 11.8 Å². The minimum atomic E-state index is -0.965. The number of rotatable bonds is 6. The van der Waals surface area contributed by atoms with Crippen LogP contribution in [-0.2, 0) is 4.79 Å². The Kier molecular flexibility index (Phi) is 4.14. The summed E-state index contributed by atoms with van der Waals surface area (Å²) in [7, 11) is 0. The molecule has 106 valence electrons. The summed E-state index contributed by atoms with van der Waals surface area (Å²) in [6.07, 6.45) is 1.19. The number of fused-ring (bicyclic) bond motifs is 1. The first-order chi connectivity index (χ1) is 9.54. The molecule has 0 spiro atoms. The second-order valence-corrected chi connectivity index (χ2v) is 4.70. The molecular weight excluding hydrogens is 260 g/mol. The lowest BCUT2D eigenvalue weighted by Crippen LogP contribution is -2.48. The van der Waals surface area contributed by atoms with Gasteiger partial charge in [0.2, 0.25) is 0 Å². The first-order valence-corrected chi connectivity index (χ1v) is 6.50. The van der Waals surface area contributed by atoms with Crippen molar-refractivity contribution < 1.29 is 19.5 Å². The summed E-state index contributed by atoms with van der Waals surface area (Å²) in [5.74, 6) is -1.83. The summed E-state index contributed by atoms with van der Waals surface area (Å²) < 4.78 is 0. The van der Waals surface area contributed by atoms with Crippen LogP contribution in [0.1, 0.15) is 46.9 Å². The van der Waals surface area contributed by atoms with Gasteiger partial charge in [0.05, 0.1) is 17.5 Å². The number of aliphatic carboxylic acids is 1. The fourth-order valence-electron chi connectivity index (χ4n) is 2.26. The maximum atomic E-state index is 12.1. The van der Waals surface area contributed by atoms with Crippen molar-refractivity contribution in [1.82, 2.24) is 10.4 Å². The van der Waals surface area contributed by atoms with E-state index in [1.165, 1.54) is 0 Å². The van der Waals surface area contributed by atoms with Gasteiger partial charge in [-0.25, -0.2) is 10.4 Å². The van der Waals surface area contributed by atoms with E-state index in [2.05, 4.69) is 5.43 Å². The van der Waals surface area contributed by atoms with Gasteiger partial charge in [0.1, 0.15) is 0 Å². The molecule has 20 heavy (non-hydrogen) atoms. The van der Waals surface area contributed by atoms with Crippen molar-refractivity contribution in [2.24, 2.45) is 0 Å². The number of imide groups is 1. The van der Waals surface area contributed by atoms with E-state index in [1.807, 2.05) is 6.92 Å². The number of carboxylic acids is 1. The fraction of sp³-hybridized carbons (Fsp3) is 0.357. The minimum Gasteiger partial charge on any atom is -0.481 e. The van der Waals surface area contributed by atoms with Crippen LogP contribution in [0, 0.1) is 0 Å². The van der Waals surface area contributed by atoms with E-state index in [9.17, 15) is 14.4 Å². The Bertz CT molecular complexity index is 521. The SMILES string of the molecule is CCCC(CC(=O)O)NN1C(=O)c2ccccc2C1=O. The highest BCUT2D eigenvalue weighted by atomic mass is 16.4. The van der Waals surface area contributed by atoms with Gasteiger partial charge in [-0.3, -0.25) is 14.4 Å². The maximum Gasteiger partial charge on any atom is 0.304 e. The number of carbonyl (C=O) groups excluding carboxylic acids is 2. The summed E-state index contributed by atoms with van der Waals surface area (Å²) in [4.78, 5) is 35.1. The molecule has 2 amide bonds. The van der Waals surface area contributed by atoms with E-state index in [0.29, 0.717) is 17.5 Å². The Balaban J connectivity index is 2.16. The molecule has 1 aromatic rings. The van der Waals surface area contributed by atoms with E-state index in [-0.39, 0.29) is 6.42 Å². The lowest BCUT2D eigenvalue weighted by Gasteiger charge is -2.22. The highest BCUT2D eigenvalue weighted by molar-refractivity contribution is 6.20. The van der Waals surface area contributed by atoms with E-state index >= 15 is 0 Å². The average molecular weight is 276 g/mol. The number of hydrazine groups is 1. The number of amides is 2. The number of hydrogen-bond acceptors (Lipinski definition) is 4. The van der Waals surface area contributed by atoms with E-state index in [1.54, 1.807) is 24.3 Å². The molecular formula is C14H16N2O4. The van der Waals surface area contributed by atoms with Crippen LogP contribution in [0.2, 0.25) is 0 Å². The Morgan fingerprint density at radius 1 is 1.25 bits per heavy atom. The molecule has 0 radical (unpaired) electrons. The van der Waals surface area contributed by atoms with Gasteiger partial charge in [-0.1, -0.05) is 25.5 Å². The minimum absolute atomic E-state index is 0.138. The zero-order chi connectivity index (χ0) is 14.7. The van der Waals surface area contributed by atoms with Crippen LogP contribution in [0.15, 0.2) is 24.3 Å². The number of carbonyl (C=O) groups is 3. The molecule has 0 aliphatic carbocycles. The Morgan fingerprint density at radius 2 is 1.80 bits per heavy atom. The molecule has 0 fully saturated rings. The molecule has 2 N–H and O–H groups in total. The lowest BCUT2D eigenvalue weighted by molar-refractivity contribution is -0.137. The normalized spacial score (nSPS) is 15.3. The second-order valence-electron chi connectivity index (χ2n) is 4.70. The third-order valence-corrected chi connectivity index (χ3v) is 3.16. The van der Waals surface area contributed by atoms with Crippen LogP contribution in [0.25, 0.3) is 0 Å². The number of hydrogen-bond donors (Lipinski definition) is 2. The quantitative estimate of drug-likeness (QED) is 0.767. The summed E-state index contributed by atoms with van der Waals surface area (Å²) in [6.45, 7) is 1.92. The molecule has 6 heteroatoms. The zero-order valence-electron chi connectivity index (χ0n) is 11.1. The average Bonchev–Trinajstić information content (AvgIpc) is 2.64. The molecule has 1 aromatic carbocycles. The lowest BCUT2D eigenvalue weighted by atomic mass is 10.1. The second kappa shape index (κ2) is 5.83. The molecule has 1 aliphatic rings. The molecule has 1 heterocycles. The van der Waals surface area contributed by atoms with Crippen LogP contribution >= 0.6 is 0 Å². The standard InChI is InChI=1S/C14H16N2O4/c1-2-5-9(8-12(17)18)15-16-13(19)10-6-3-4-7-11(10)14(16)20/h3-4,6-7,9,15H,2,5,8H2,1H3,(H,17,18). The van der Waals surface area contributed by atoms with Gasteiger partial charge >= 0.3 is 5.97 Å². The van der Waals surface area contributed by atoms with Gasteiger partial charge < -0.3 is 5.11 Å². The van der Waals surface area contributed by atoms with Gasteiger partial charge in [0, 0.05) is 6.04 Å². The molecule has 0 saturated carbocycles. The Labute approximate surface area is 116 Å². The van der Waals surface area contributed by atoms with Crippen molar-refractivity contribution in [3.8, 4) is 0 Å². The van der Waals surface area contributed by atoms with Crippen molar-refractivity contribution in [2.45, 2.75) is 32.2 Å². The molecule has 0 bridgehead atoms. The number of nitrogens with one attached hydrogen (secondary N) is 1. The third-order valence-electron chi connectivity index (χ3n) is 3.16. The van der Waals surface area contributed by atoms with E-state index in [0.717, 1.165) is 11.4 Å². The molecule has 1 atom stereocenters. The van der Waals surface area contributed by atoms with Crippen LogP contribution in [0.5, 0.6) is 0 Å². The summed E-state index contributed by atoms with van der Waals surface area (Å²) in [5.41, 5.74) is 3.43. The summed E-state index contributed by atoms with van der Waals surface area (Å²) in [6, 6.07) is 6.11. The third kappa shape index (κ3) is 2.70. The van der Waals surface area contributed by atoms with Gasteiger partial charge in [-0.2, -0.15) is 0 Å². The summed E-state index contributed by atoms with van der Waals surface area (Å²) in [5, 5.41) is 9.79. The molecule has 0 aromatic heterocycles. The first kappa shape index (κ1) is 14.2. The van der Waals surface area contributed by atoms with Crippen molar-refractivity contribution in [3.05, 3.63) is 35.4 Å². The highest BCUT2D eigenvalue weighted by Gasteiger charge is 2.36. The topological polar surface area (TPSA) is 86.7 Å². The molecule has 1 unspecified atom stereocenters. The number of nitrogens with zero attached hydrogens (tertiary/aromatic N) is 1. The number of benzene rings is 1.